The van der Waals surface area contributed by atoms with Gasteiger partial charge in [0, 0.05) is 0 Å². The van der Waals surface area contributed by atoms with Gasteiger partial charge in [0.05, 0.1) is 5.69 Å². The van der Waals surface area contributed by atoms with Crippen molar-refractivity contribution < 1.29 is 9.18 Å². The predicted molar refractivity (Wildman–Crippen MR) is 34.4 cm³/mol. The Kier molecular flexibility index (Phi) is 2.10. The standard InChI is InChI=1S/C7H6FNO/c8-4-6-2-1-3-7(5-10)9-6/h1-3,5H,4H2. The van der Waals surface area contributed by atoms with Crippen molar-refractivity contribution >= 4 is 6.29 Å². The maximum atomic E-state index is 11.9. The Hall–Kier alpha value is -1.25. The monoisotopic (exact) mass is 139 g/mol. The molecule has 0 radical (unpaired) electrons. The van der Waals surface area contributed by atoms with Gasteiger partial charge < -0.3 is 0 Å². The van der Waals surface area contributed by atoms with Crippen LogP contribution in [0.1, 0.15) is 16.2 Å². The van der Waals surface area contributed by atoms with E-state index in [1.54, 1.807) is 6.07 Å². The van der Waals surface area contributed by atoms with Gasteiger partial charge in [0.25, 0.3) is 0 Å². The van der Waals surface area contributed by atoms with Crippen molar-refractivity contribution in [2.45, 2.75) is 6.67 Å². The summed E-state index contributed by atoms with van der Waals surface area (Å²) >= 11 is 0. The largest absolute Gasteiger partial charge is 0.296 e. The van der Waals surface area contributed by atoms with Crippen molar-refractivity contribution in [3.63, 3.8) is 0 Å². The third-order valence-corrected chi connectivity index (χ3v) is 1.09. The summed E-state index contributed by atoms with van der Waals surface area (Å²) in [5, 5.41) is 0. The second-order valence-electron chi connectivity index (χ2n) is 1.81. The molecule has 0 aliphatic carbocycles. The SMILES string of the molecule is O=Cc1cccc(CF)n1. The summed E-state index contributed by atoms with van der Waals surface area (Å²) in [6.07, 6.45) is 0.596. The molecule has 0 fully saturated rings. The molecule has 0 saturated carbocycles. The molecule has 0 N–H and O–H groups in total. The van der Waals surface area contributed by atoms with Crippen LogP contribution in [0.25, 0.3) is 0 Å². The van der Waals surface area contributed by atoms with Crippen molar-refractivity contribution in [3.05, 3.63) is 29.6 Å². The topological polar surface area (TPSA) is 30.0 Å². The molecule has 0 bridgehead atoms. The fraction of sp³-hybridized carbons (Fsp3) is 0.143. The lowest BCUT2D eigenvalue weighted by Crippen LogP contribution is -1.90. The molecular weight excluding hydrogens is 133 g/mol. The summed E-state index contributed by atoms with van der Waals surface area (Å²) in [6, 6.07) is 4.67. The molecule has 0 atom stereocenters. The van der Waals surface area contributed by atoms with Crippen LogP contribution in [-0.4, -0.2) is 11.3 Å². The van der Waals surface area contributed by atoms with Gasteiger partial charge in [-0.05, 0) is 12.1 Å². The Morgan fingerprint density at radius 2 is 2.40 bits per heavy atom. The quantitative estimate of drug-likeness (QED) is 0.579. The molecule has 0 aliphatic heterocycles. The molecule has 0 spiro atoms. The van der Waals surface area contributed by atoms with E-state index < -0.39 is 6.67 Å². The Balaban J connectivity index is 2.98. The average molecular weight is 139 g/mol. The van der Waals surface area contributed by atoms with Crippen LogP contribution in [0.15, 0.2) is 18.2 Å². The van der Waals surface area contributed by atoms with E-state index in [4.69, 9.17) is 0 Å². The Morgan fingerprint density at radius 1 is 1.60 bits per heavy atom. The maximum absolute atomic E-state index is 11.9. The fourth-order valence-corrected chi connectivity index (χ4v) is 0.638. The van der Waals surface area contributed by atoms with E-state index in [0.717, 1.165) is 0 Å². The van der Waals surface area contributed by atoms with E-state index in [2.05, 4.69) is 4.98 Å². The average Bonchev–Trinajstić information content (AvgIpc) is 2.05. The van der Waals surface area contributed by atoms with Crippen LogP contribution in [0.5, 0.6) is 0 Å². The lowest BCUT2D eigenvalue weighted by atomic mass is 10.3. The highest BCUT2D eigenvalue weighted by atomic mass is 19.1. The first-order chi connectivity index (χ1) is 4.86. The van der Waals surface area contributed by atoms with E-state index in [9.17, 15) is 9.18 Å². The summed E-state index contributed by atoms with van der Waals surface area (Å²) in [6.45, 7) is -0.623. The first-order valence-corrected chi connectivity index (χ1v) is 2.84. The molecule has 1 rings (SSSR count). The van der Waals surface area contributed by atoms with E-state index in [0.29, 0.717) is 12.0 Å². The smallest absolute Gasteiger partial charge is 0.168 e. The highest BCUT2D eigenvalue weighted by molar-refractivity contribution is 5.71. The van der Waals surface area contributed by atoms with Crippen LogP contribution in [0.2, 0.25) is 0 Å². The molecule has 1 aromatic heterocycles. The number of aldehydes is 1. The molecule has 10 heavy (non-hydrogen) atoms. The van der Waals surface area contributed by atoms with Crippen LogP contribution in [0.3, 0.4) is 0 Å². The zero-order valence-corrected chi connectivity index (χ0v) is 5.25. The molecular formula is C7H6FNO. The number of nitrogens with zero attached hydrogens (tertiary/aromatic N) is 1. The lowest BCUT2D eigenvalue weighted by molar-refractivity contribution is 0.111. The Bertz CT molecular complexity index is 237. The Labute approximate surface area is 57.7 Å². The van der Waals surface area contributed by atoms with Crippen molar-refractivity contribution in [2.24, 2.45) is 0 Å². The van der Waals surface area contributed by atoms with Crippen molar-refractivity contribution in [1.82, 2.24) is 4.98 Å². The molecule has 1 aromatic rings. The molecule has 3 heteroatoms. The number of hydrogen-bond donors (Lipinski definition) is 0. The first kappa shape index (κ1) is 6.86. The number of rotatable bonds is 2. The van der Waals surface area contributed by atoms with E-state index in [-0.39, 0.29) is 5.69 Å². The van der Waals surface area contributed by atoms with Crippen LogP contribution >= 0.6 is 0 Å². The lowest BCUT2D eigenvalue weighted by Gasteiger charge is -1.92. The van der Waals surface area contributed by atoms with Gasteiger partial charge >= 0.3 is 0 Å². The molecule has 2 nitrogen and oxygen atoms in total. The van der Waals surface area contributed by atoms with Crippen LogP contribution in [-0.2, 0) is 6.67 Å². The van der Waals surface area contributed by atoms with Gasteiger partial charge in [-0.1, -0.05) is 6.07 Å². The number of alkyl halides is 1. The minimum Gasteiger partial charge on any atom is -0.296 e. The fourth-order valence-electron chi connectivity index (χ4n) is 0.638. The molecule has 52 valence electrons. The van der Waals surface area contributed by atoms with Gasteiger partial charge in [-0.15, -0.1) is 0 Å². The van der Waals surface area contributed by atoms with Gasteiger partial charge in [-0.3, -0.25) is 4.79 Å². The van der Waals surface area contributed by atoms with Crippen LogP contribution < -0.4 is 0 Å². The molecule has 0 aliphatic rings. The van der Waals surface area contributed by atoms with Crippen LogP contribution in [0.4, 0.5) is 4.39 Å². The Morgan fingerprint density at radius 3 is 3.00 bits per heavy atom. The molecule has 0 amide bonds. The van der Waals surface area contributed by atoms with Crippen molar-refractivity contribution in [1.29, 1.82) is 0 Å². The van der Waals surface area contributed by atoms with E-state index in [1.807, 2.05) is 0 Å². The number of aromatic nitrogens is 1. The van der Waals surface area contributed by atoms with E-state index in [1.165, 1.54) is 12.1 Å². The third-order valence-electron chi connectivity index (χ3n) is 1.09. The molecule has 0 aromatic carbocycles. The first-order valence-electron chi connectivity index (χ1n) is 2.84. The van der Waals surface area contributed by atoms with Gasteiger partial charge in [0.15, 0.2) is 6.29 Å². The number of carbonyl (C=O) groups is 1. The van der Waals surface area contributed by atoms with Crippen molar-refractivity contribution in [2.75, 3.05) is 0 Å². The van der Waals surface area contributed by atoms with Gasteiger partial charge in [0.2, 0.25) is 0 Å². The molecule has 0 unspecified atom stereocenters. The summed E-state index contributed by atoms with van der Waals surface area (Å²) in [5.41, 5.74) is 0.569. The zero-order valence-electron chi connectivity index (χ0n) is 5.25. The molecule has 1 heterocycles. The molecule has 0 saturated heterocycles. The zero-order chi connectivity index (χ0) is 7.40. The minimum atomic E-state index is -0.623. The highest BCUT2D eigenvalue weighted by Crippen LogP contribution is 1.97. The number of halogens is 1. The van der Waals surface area contributed by atoms with Gasteiger partial charge in [-0.2, -0.15) is 0 Å². The number of pyridine rings is 1. The minimum absolute atomic E-state index is 0.273. The second-order valence-corrected chi connectivity index (χ2v) is 1.81. The summed E-state index contributed by atoms with van der Waals surface area (Å²) in [5.74, 6) is 0. The number of hydrogen-bond acceptors (Lipinski definition) is 2. The van der Waals surface area contributed by atoms with Crippen LogP contribution in [0, 0.1) is 0 Å². The van der Waals surface area contributed by atoms with Crippen molar-refractivity contribution in [3.8, 4) is 0 Å². The van der Waals surface area contributed by atoms with Gasteiger partial charge in [-0.25, -0.2) is 9.37 Å². The second kappa shape index (κ2) is 3.06. The summed E-state index contributed by atoms with van der Waals surface area (Å²) in [4.78, 5) is 13.8. The van der Waals surface area contributed by atoms with E-state index >= 15 is 0 Å². The highest BCUT2D eigenvalue weighted by Gasteiger charge is 1.93. The maximum Gasteiger partial charge on any atom is 0.168 e. The van der Waals surface area contributed by atoms with Gasteiger partial charge in [0.1, 0.15) is 12.4 Å². The third kappa shape index (κ3) is 1.37. The number of carbonyl (C=O) groups excluding carboxylic acids is 1. The normalized spacial score (nSPS) is 9.30. The summed E-state index contributed by atoms with van der Waals surface area (Å²) in [7, 11) is 0. The summed E-state index contributed by atoms with van der Waals surface area (Å²) < 4.78 is 11.9. The predicted octanol–water partition coefficient (Wildman–Crippen LogP) is 1.36.